The molecule has 2 aliphatic heterocycles. The third-order valence-electron chi connectivity index (χ3n) is 4.61. The molecule has 0 unspecified atom stereocenters. The average Bonchev–Trinajstić information content (AvgIpc) is 2.68. The van der Waals surface area contributed by atoms with Gasteiger partial charge in [0.2, 0.25) is 15.9 Å². The fourth-order valence-electron chi connectivity index (χ4n) is 3.19. The SMILES string of the molecule is COc1ccc(C(=O)N2CCC[C@H](S(=O)(=O)N3CCOCC3)C2)cn1. The maximum atomic E-state index is 12.8. The standard InChI is InChI=1S/C16H23N3O5S/c1-23-15-5-4-13(11-17-15)16(20)18-6-2-3-14(12-18)25(21,22)19-7-9-24-10-8-19/h4-5,11,14H,2-3,6-10,12H2,1H3/t14-/m0/s1. The van der Waals surface area contributed by atoms with Crippen LogP contribution in [0.15, 0.2) is 18.3 Å². The lowest BCUT2D eigenvalue weighted by Crippen LogP contribution is -2.51. The molecule has 3 heterocycles. The molecule has 1 aromatic heterocycles. The number of nitrogens with zero attached hydrogens (tertiary/aromatic N) is 3. The highest BCUT2D eigenvalue weighted by atomic mass is 32.2. The summed E-state index contributed by atoms with van der Waals surface area (Å²) >= 11 is 0. The Morgan fingerprint density at radius 1 is 1.28 bits per heavy atom. The van der Waals surface area contributed by atoms with E-state index in [1.807, 2.05) is 0 Å². The van der Waals surface area contributed by atoms with Crippen molar-refractivity contribution < 1.29 is 22.7 Å². The van der Waals surface area contributed by atoms with E-state index in [1.54, 1.807) is 17.0 Å². The minimum Gasteiger partial charge on any atom is -0.481 e. The molecule has 25 heavy (non-hydrogen) atoms. The zero-order chi connectivity index (χ0) is 17.9. The van der Waals surface area contributed by atoms with Crippen LogP contribution in [0.2, 0.25) is 0 Å². The Bertz CT molecular complexity index is 701. The molecule has 0 bridgehead atoms. The summed E-state index contributed by atoms with van der Waals surface area (Å²) in [5, 5.41) is -0.561. The molecule has 0 N–H and O–H groups in total. The number of hydrogen-bond donors (Lipinski definition) is 0. The molecule has 2 aliphatic rings. The molecule has 0 spiro atoms. The van der Waals surface area contributed by atoms with Gasteiger partial charge in [0.25, 0.3) is 5.91 Å². The molecule has 1 aromatic rings. The highest BCUT2D eigenvalue weighted by molar-refractivity contribution is 7.89. The first kappa shape index (κ1) is 18.1. The van der Waals surface area contributed by atoms with Gasteiger partial charge in [0.15, 0.2) is 0 Å². The number of amides is 1. The van der Waals surface area contributed by atoms with Gasteiger partial charge in [0.05, 0.1) is 31.1 Å². The number of carbonyl (C=O) groups excluding carboxylic acids is 1. The van der Waals surface area contributed by atoms with Crippen LogP contribution < -0.4 is 4.74 Å². The first-order chi connectivity index (χ1) is 12.0. The fourth-order valence-corrected chi connectivity index (χ4v) is 5.10. The van der Waals surface area contributed by atoms with Crippen LogP contribution in [-0.2, 0) is 14.8 Å². The molecule has 0 aliphatic carbocycles. The van der Waals surface area contributed by atoms with Crippen molar-refractivity contribution in [3.05, 3.63) is 23.9 Å². The van der Waals surface area contributed by atoms with Crippen molar-refractivity contribution in [2.45, 2.75) is 18.1 Å². The van der Waals surface area contributed by atoms with Crippen molar-refractivity contribution in [3.8, 4) is 5.88 Å². The van der Waals surface area contributed by atoms with Gasteiger partial charge in [-0.2, -0.15) is 4.31 Å². The smallest absolute Gasteiger partial charge is 0.255 e. The zero-order valence-corrected chi connectivity index (χ0v) is 15.1. The largest absolute Gasteiger partial charge is 0.481 e. The van der Waals surface area contributed by atoms with E-state index in [-0.39, 0.29) is 12.5 Å². The Balaban J connectivity index is 1.70. The first-order valence-corrected chi connectivity index (χ1v) is 9.88. The minimum absolute atomic E-state index is 0.197. The second-order valence-corrected chi connectivity index (χ2v) is 8.37. The molecule has 0 saturated carbocycles. The number of carbonyl (C=O) groups is 1. The van der Waals surface area contributed by atoms with Crippen molar-refractivity contribution in [3.63, 3.8) is 0 Å². The second kappa shape index (κ2) is 7.67. The minimum atomic E-state index is -3.42. The van der Waals surface area contributed by atoms with Crippen molar-refractivity contribution in [1.29, 1.82) is 0 Å². The molecule has 1 atom stereocenters. The maximum absolute atomic E-state index is 12.8. The predicted octanol–water partition coefficient (Wildman–Crippen LogP) is 0.357. The summed E-state index contributed by atoms with van der Waals surface area (Å²) < 4.78 is 37.4. The van der Waals surface area contributed by atoms with Gasteiger partial charge >= 0.3 is 0 Å². The van der Waals surface area contributed by atoms with Crippen molar-refractivity contribution >= 4 is 15.9 Å². The third kappa shape index (κ3) is 3.94. The number of sulfonamides is 1. The van der Waals surface area contributed by atoms with Crippen LogP contribution in [0.25, 0.3) is 0 Å². The van der Waals surface area contributed by atoms with E-state index in [4.69, 9.17) is 9.47 Å². The van der Waals surface area contributed by atoms with Gasteiger partial charge in [-0.05, 0) is 18.9 Å². The van der Waals surface area contributed by atoms with Crippen LogP contribution in [0, 0.1) is 0 Å². The van der Waals surface area contributed by atoms with Crippen LogP contribution in [0.1, 0.15) is 23.2 Å². The molecule has 138 valence electrons. The van der Waals surface area contributed by atoms with Gasteiger partial charge in [-0.1, -0.05) is 0 Å². The highest BCUT2D eigenvalue weighted by Gasteiger charge is 2.37. The Morgan fingerprint density at radius 2 is 2.04 bits per heavy atom. The summed E-state index contributed by atoms with van der Waals surface area (Å²) in [4.78, 5) is 18.3. The first-order valence-electron chi connectivity index (χ1n) is 8.38. The Labute approximate surface area is 147 Å². The van der Waals surface area contributed by atoms with Crippen molar-refractivity contribution in [1.82, 2.24) is 14.2 Å². The fraction of sp³-hybridized carbons (Fsp3) is 0.625. The number of morpholine rings is 1. The van der Waals surface area contributed by atoms with E-state index in [0.717, 1.165) is 0 Å². The summed E-state index contributed by atoms with van der Waals surface area (Å²) in [6.07, 6.45) is 2.70. The van der Waals surface area contributed by atoms with Gasteiger partial charge in [-0.25, -0.2) is 13.4 Å². The van der Waals surface area contributed by atoms with E-state index in [2.05, 4.69) is 4.98 Å². The quantitative estimate of drug-likeness (QED) is 0.761. The van der Waals surface area contributed by atoms with E-state index < -0.39 is 15.3 Å². The van der Waals surface area contributed by atoms with Crippen LogP contribution >= 0.6 is 0 Å². The highest BCUT2D eigenvalue weighted by Crippen LogP contribution is 2.22. The Morgan fingerprint density at radius 3 is 2.68 bits per heavy atom. The number of methoxy groups -OCH3 is 1. The zero-order valence-electron chi connectivity index (χ0n) is 14.3. The summed E-state index contributed by atoms with van der Waals surface area (Å²) in [7, 11) is -1.91. The van der Waals surface area contributed by atoms with E-state index in [9.17, 15) is 13.2 Å². The molecule has 8 nitrogen and oxygen atoms in total. The number of pyridine rings is 1. The van der Waals surface area contributed by atoms with Crippen LogP contribution in [-0.4, -0.2) is 80.3 Å². The number of likely N-dealkylation sites (tertiary alicyclic amines) is 1. The van der Waals surface area contributed by atoms with Gasteiger partial charge in [-0.15, -0.1) is 0 Å². The summed E-state index contributed by atoms with van der Waals surface area (Å²) in [6, 6.07) is 3.27. The van der Waals surface area contributed by atoms with Gasteiger partial charge in [-0.3, -0.25) is 4.79 Å². The summed E-state index contributed by atoms with van der Waals surface area (Å²) in [5.74, 6) is 0.236. The number of ether oxygens (including phenoxy) is 2. The molecule has 9 heteroatoms. The molecule has 2 saturated heterocycles. The van der Waals surface area contributed by atoms with Crippen LogP contribution in [0.4, 0.5) is 0 Å². The normalized spacial score (nSPS) is 22.6. The van der Waals surface area contributed by atoms with Crippen LogP contribution in [0.5, 0.6) is 5.88 Å². The average molecular weight is 369 g/mol. The Kier molecular flexibility index (Phi) is 5.55. The lowest BCUT2D eigenvalue weighted by atomic mass is 10.1. The number of rotatable bonds is 4. The number of piperidine rings is 1. The Hall–Kier alpha value is -1.71. The second-order valence-electron chi connectivity index (χ2n) is 6.16. The van der Waals surface area contributed by atoms with Gasteiger partial charge < -0.3 is 14.4 Å². The third-order valence-corrected chi connectivity index (χ3v) is 6.92. The lowest BCUT2D eigenvalue weighted by Gasteiger charge is -2.36. The predicted molar refractivity (Wildman–Crippen MR) is 91.0 cm³/mol. The molecular formula is C16H23N3O5S. The molecule has 0 aromatic carbocycles. The van der Waals surface area contributed by atoms with Gasteiger partial charge in [0, 0.05) is 38.4 Å². The number of aromatic nitrogens is 1. The van der Waals surface area contributed by atoms with Crippen LogP contribution in [0.3, 0.4) is 0 Å². The lowest BCUT2D eigenvalue weighted by molar-refractivity contribution is 0.0685. The van der Waals surface area contributed by atoms with Gasteiger partial charge in [0.1, 0.15) is 0 Å². The number of hydrogen-bond acceptors (Lipinski definition) is 6. The molecular weight excluding hydrogens is 346 g/mol. The summed E-state index contributed by atoms with van der Waals surface area (Å²) in [6.45, 7) is 2.38. The van der Waals surface area contributed by atoms with E-state index in [0.29, 0.717) is 57.1 Å². The molecule has 2 fully saturated rings. The molecule has 0 radical (unpaired) electrons. The summed E-state index contributed by atoms with van der Waals surface area (Å²) in [5.41, 5.74) is 0.435. The van der Waals surface area contributed by atoms with Crippen molar-refractivity contribution in [2.24, 2.45) is 0 Å². The van der Waals surface area contributed by atoms with Crippen molar-refractivity contribution in [2.75, 3.05) is 46.5 Å². The topological polar surface area (TPSA) is 89.0 Å². The van der Waals surface area contributed by atoms with E-state index >= 15 is 0 Å². The molecule has 3 rings (SSSR count). The van der Waals surface area contributed by atoms with E-state index in [1.165, 1.54) is 17.6 Å². The maximum Gasteiger partial charge on any atom is 0.255 e. The monoisotopic (exact) mass is 369 g/mol. The molecule has 1 amide bonds.